The van der Waals surface area contributed by atoms with E-state index in [1.165, 1.54) is 25.7 Å². The number of rotatable bonds is 2. The summed E-state index contributed by atoms with van der Waals surface area (Å²) in [6.07, 6.45) is 11.2. The van der Waals surface area contributed by atoms with Crippen LogP contribution in [0, 0.1) is 11.8 Å². The Morgan fingerprint density at radius 3 is 2.86 bits per heavy atom. The van der Waals surface area contributed by atoms with E-state index in [0.29, 0.717) is 0 Å². The number of aromatic nitrogens is 2. The highest BCUT2D eigenvalue weighted by Gasteiger charge is 2.39. The Labute approximate surface area is 88.5 Å². The second-order valence-corrected chi connectivity index (χ2v) is 5.63. The average Bonchev–Trinajstić information content (AvgIpc) is 2.81. The zero-order chi connectivity index (χ0) is 9.38. The highest BCUT2D eigenvalue weighted by Crippen LogP contribution is 2.50. The van der Waals surface area contributed by atoms with Gasteiger partial charge in [-0.3, -0.25) is 4.98 Å². The average molecular weight is 206 g/mol. The molecule has 2 bridgehead atoms. The van der Waals surface area contributed by atoms with Crippen LogP contribution in [0.3, 0.4) is 0 Å². The molecule has 0 N–H and O–H groups in total. The molecule has 2 saturated carbocycles. The summed E-state index contributed by atoms with van der Waals surface area (Å²) in [6, 6.07) is 0. The molecule has 3 atom stereocenters. The van der Waals surface area contributed by atoms with Crippen LogP contribution in [0.15, 0.2) is 23.6 Å². The number of nitrogens with zero attached hydrogens (tertiary/aromatic N) is 2. The van der Waals surface area contributed by atoms with Crippen molar-refractivity contribution in [3.63, 3.8) is 0 Å². The molecule has 2 aliphatic rings. The first-order chi connectivity index (χ1) is 6.92. The maximum absolute atomic E-state index is 4.33. The van der Waals surface area contributed by atoms with E-state index in [9.17, 15) is 0 Å². The van der Waals surface area contributed by atoms with Gasteiger partial charge < -0.3 is 0 Å². The van der Waals surface area contributed by atoms with Crippen LogP contribution in [-0.4, -0.2) is 15.2 Å². The summed E-state index contributed by atoms with van der Waals surface area (Å²) in [7, 11) is 0. The van der Waals surface area contributed by atoms with E-state index in [4.69, 9.17) is 0 Å². The van der Waals surface area contributed by atoms with Crippen molar-refractivity contribution >= 4 is 11.8 Å². The third-order valence-electron chi connectivity index (χ3n) is 3.48. The van der Waals surface area contributed by atoms with Crippen LogP contribution in [0.1, 0.15) is 25.7 Å². The van der Waals surface area contributed by atoms with E-state index in [2.05, 4.69) is 9.97 Å². The van der Waals surface area contributed by atoms with Crippen LogP contribution in [-0.2, 0) is 0 Å². The summed E-state index contributed by atoms with van der Waals surface area (Å²) in [5.74, 6) is 1.99. The molecule has 0 spiro atoms. The summed E-state index contributed by atoms with van der Waals surface area (Å²) >= 11 is 1.94. The lowest BCUT2D eigenvalue weighted by Gasteiger charge is -2.19. The quantitative estimate of drug-likeness (QED) is 0.744. The second-order valence-electron chi connectivity index (χ2n) is 4.37. The molecular weight excluding hydrogens is 192 g/mol. The first-order valence-electron chi connectivity index (χ1n) is 5.34. The van der Waals surface area contributed by atoms with Gasteiger partial charge in [-0.05, 0) is 31.1 Å². The van der Waals surface area contributed by atoms with Crippen molar-refractivity contribution in [3.05, 3.63) is 18.6 Å². The number of hydrogen-bond acceptors (Lipinski definition) is 3. The highest BCUT2D eigenvalue weighted by molar-refractivity contribution is 7.99. The van der Waals surface area contributed by atoms with Gasteiger partial charge in [-0.15, -0.1) is 11.8 Å². The van der Waals surface area contributed by atoms with Crippen molar-refractivity contribution in [1.29, 1.82) is 0 Å². The van der Waals surface area contributed by atoms with Crippen molar-refractivity contribution in [2.24, 2.45) is 11.8 Å². The normalized spacial score (nSPS) is 35.0. The molecule has 3 rings (SSSR count). The van der Waals surface area contributed by atoms with Crippen LogP contribution in [0.2, 0.25) is 0 Å². The molecule has 0 amide bonds. The zero-order valence-electron chi connectivity index (χ0n) is 8.10. The van der Waals surface area contributed by atoms with Gasteiger partial charge in [0.05, 0.1) is 6.20 Å². The van der Waals surface area contributed by atoms with Crippen molar-refractivity contribution in [3.8, 4) is 0 Å². The predicted molar refractivity (Wildman–Crippen MR) is 57.1 cm³/mol. The Hall–Kier alpha value is -0.570. The fourth-order valence-corrected chi connectivity index (χ4v) is 4.19. The summed E-state index contributed by atoms with van der Waals surface area (Å²) in [5, 5.41) is 1.93. The van der Waals surface area contributed by atoms with Gasteiger partial charge in [0.25, 0.3) is 0 Å². The molecule has 14 heavy (non-hydrogen) atoms. The van der Waals surface area contributed by atoms with Crippen molar-refractivity contribution < 1.29 is 0 Å². The van der Waals surface area contributed by atoms with Crippen LogP contribution < -0.4 is 0 Å². The predicted octanol–water partition coefficient (Wildman–Crippen LogP) is 2.76. The van der Waals surface area contributed by atoms with E-state index in [-0.39, 0.29) is 0 Å². The molecule has 2 aliphatic carbocycles. The molecule has 74 valence electrons. The van der Waals surface area contributed by atoms with Gasteiger partial charge in [0, 0.05) is 17.6 Å². The molecule has 0 saturated heterocycles. The molecule has 2 fully saturated rings. The minimum atomic E-state index is 0.824. The monoisotopic (exact) mass is 206 g/mol. The summed E-state index contributed by atoms with van der Waals surface area (Å²) < 4.78 is 0. The minimum Gasteiger partial charge on any atom is -0.260 e. The van der Waals surface area contributed by atoms with E-state index in [1.807, 2.05) is 18.0 Å². The van der Waals surface area contributed by atoms with Crippen LogP contribution in [0.4, 0.5) is 0 Å². The summed E-state index contributed by atoms with van der Waals surface area (Å²) in [4.78, 5) is 8.43. The zero-order valence-corrected chi connectivity index (χ0v) is 8.91. The van der Waals surface area contributed by atoms with E-state index in [1.54, 1.807) is 12.4 Å². The Morgan fingerprint density at radius 2 is 2.21 bits per heavy atom. The highest BCUT2D eigenvalue weighted by atomic mass is 32.2. The standard InChI is InChI=1S/C11H14N2S/c1-2-9-5-8(1)6-10(9)14-11-7-12-3-4-13-11/h3-4,7-10H,1-2,5-6H2. The fraction of sp³-hybridized carbons (Fsp3) is 0.636. The molecule has 0 radical (unpaired) electrons. The lowest BCUT2D eigenvalue weighted by molar-refractivity contribution is 0.492. The van der Waals surface area contributed by atoms with Gasteiger partial charge in [-0.2, -0.15) is 0 Å². The summed E-state index contributed by atoms with van der Waals surface area (Å²) in [6.45, 7) is 0. The van der Waals surface area contributed by atoms with Gasteiger partial charge >= 0.3 is 0 Å². The van der Waals surface area contributed by atoms with Gasteiger partial charge in [-0.1, -0.05) is 6.42 Å². The Balaban J connectivity index is 1.69. The van der Waals surface area contributed by atoms with Gasteiger partial charge in [-0.25, -0.2) is 4.98 Å². The molecule has 1 aromatic rings. The molecule has 0 aromatic carbocycles. The van der Waals surface area contributed by atoms with Crippen molar-refractivity contribution in [1.82, 2.24) is 9.97 Å². The summed E-state index contributed by atoms with van der Waals surface area (Å²) in [5.41, 5.74) is 0. The topological polar surface area (TPSA) is 25.8 Å². The molecule has 1 heterocycles. The van der Waals surface area contributed by atoms with E-state index >= 15 is 0 Å². The maximum atomic E-state index is 4.33. The maximum Gasteiger partial charge on any atom is 0.115 e. The second kappa shape index (κ2) is 3.54. The number of thioether (sulfide) groups is 1. The van der Waals surface area contributed by atoms with E-state index in [0.717, 1.165) is 22.1 Å². The smallest absolute Gasteiger partial charge is 0.115 e. The molecule has 3 heteroatoms. The number of hydrogen-bond donors (Lipinski definition) is 0. The molecule has 3 unspecified atom stereocenters. The van der Waals surface area contributed by atoms with Crippen LogP contribution >= 0.6 is 11.8 Å². The van der Waals surface area contributed by atoms with E-state index < -0.39 is 0 Å². The number of fused-ring (bicyclic) bond motifs is 2. The third-order valence-corrected chi connectivity index (χ3v) is 4.82. The lowest BCUT2D eigenvalue weighted by Crippen LogP contribution is -2.12. The first kappa shape index (κ1) is 8.72. The first-order valence-corrected chi connectivity index (χ1v) is 6.22. The Bertz CT molecular complexity index is 314. The fourth-order valence-electron chi connectivity index (χ4n) is 2.83. The minimum absolute atomic E-state index is 0.824. The van der Waals surface area contributed by atoms with Crippen LogP contribution in [0.25, 0.3) is 0 Å². The molecule has 2 nitrogen and oxygen atoms in total. The molecular formula is C11H14N2S. The third kappa shape index (κ3) is 1.54. The van der Waals surface area contributed by atoms with Crippen molar-refractivity contribution in [2.45, 2.75) is 36.0 Å². The van der Waals surface area contributed by atoms with Gasteiger partial charge in [0.1, 0.15) is 5.03 Å². The lowest BCUT2D eigenvalue weighted by atomic mass is 10.0. The molecule has 1 aromatic heterocycles. The van der Waals surface area contributed by atoms with Crippen LogP contribution in [0.5, 0.6) is 0 Å². The Morgan fingerprint density at radius 1 is 1.21 bits per heavy atom. The van der Waals surface area contributed by atoms with Gasteiger partial charge in [0.15, 0.2) is 0 Å². The van der Waals surface area contributed by atoms with Crippen molar-refractivity contribution in [2.75, 3.05) is 0 Å². The SMILES string of the molecule is c1cnc(SC2CC3CCC2C3)cn1. The molecule has 0 aliphatic heterocycles. The van der Waals surface area contributed by atoms with Gasteiger partial charge in [0.2, 0.25) is 0 Å². The largest absolute Gasteiger partial charge is 0.260 e. The Kier molecular flexibility index (Phi) is 2.20.